The van der Waals surface area contributed by atoms with Crippen LogP contribution in [0.3, 0.4) is 0 Å². The minimum absolute atomic E-state index is 0.928. The van der Waals surface area contributed by atoms with E-state index in [1.165, 1.54) is 27.7 Å². The lowest BCUT2D eigenvalue weighted by atomic mass is 9.96. The van der Waals surface area contributed by atoms with Crippen molar-refractivity contribution in [3.05, 3.63) is 35.5 Å². The summed E-state index contributed by atoms with van der Waals surface area (Å²) in [5.41, 5.74) is 5.20. The lowest BCUT2D eigenvalue weighted by Crippen LogP contribution is -2.10. The Bertz CT molecular complexity index is 520. The quantitative estimate of drug-likeness (QED) is 0.651. The smallest absolute Gasteiger partial charge is 0.0493 e. The van der Waals surface area contributed by atoms with Crippen molar-refractivity contribution in [2.45, 2.75) is 13.3 Å². The van der Waals surface area contributed by atoms with Gasteiger partial charge in [0.05, 0.1) is 0 Å². The summed E-state index contributed by atoms with van der Waals surface area (Å²) in [5.74, 6) is 0. The topological polar surface area (TPSA) is 28.1 Å². The number of aliphatic imine (C=N–C) groups is 1. The number of hydrogen-bond acceptors (Lipinski definition) is 1. The molecule has 2 heteroatoms. The highest BCUT2D eigenvalue weighted by atomic mass is 14.8. The molecule has 3 rings (SSSR count). The molecule has 0 spiro atoms. The van der Waals surface area contributed by atoms with Crippen LogP contribution in [-0.4, -0.2) is 17.2 Å². The Morgan fingerprint density at radius 3 is 3.14 bits per heavy atom. The highest BCUT2D eigenvalue weighted by Crippen LogP contribution is 2.24. The van der Waals surface area contributed by atoms with Crippen LogP contribution in [0.1, 0.15) is 18.1 Å². The molecule has 1 aromatic heterocycles. The van der Waals surface area contributed by atoms with Crippen LogP contribution in [0.2, 0.25) is 0 Å². The molecule has 0 unspecified atom stereocenters. The molecule has 1 N–H and O–H groups in total. The maximum Gasteiger partial charge on any atom is 0.0493 e. The van der Waals surface area contributed by atoms with Gasteiger partial charge < -0.3 is 4.98 Å². The van der Waals surface area contributed by atoms with Gasteiger partial charge in [-0.05, 0) is 30.4 Å². The van der Waals surface area contributed by atoms with Crippen molar-refractivity contribution in [3.8, 4) is 0 Å². The average Bonchev–Trinajstić information content (AvgIpc) is 2.66. The van der Waals surface area contributed by atoms with Gasteiger partial charge in [0, 0.05) is 29.5 Å². The van der Waals surface area contributed by atoms with Crippen LogP contribution in [-0.2, 0) is 6.42 Å². The molecule has 2 heterocycles. The second-order valence-corrected chi connectivity index (χ2v) is 3.75. The number of rotatable bonds is 0. The summed E-state index contributed by atoms with van der Waals surface area (Å²) in [4.78, 5) is 7.78. The number of aromatic amines is 1. The number of benzene rings is 1. The summed E-state index contributed by atoms with van der Waals surface area (Å²) in [5, 5.41) is 1.30. The molecule has 0 aliphatic carbocycles. The van der Waals surface area contributed by atoms with Crippen molar-refractivity contribution in [3.63, 3.8) is 0 Å². The van der Waals surface area contributed by atoms with E-state index in [2.05, 4.69) is 35.1 Å². The van der Waals surface area contributed by atoms with Gasteiger partial charge in [0.1, 0.15) is 0 Å². The van der Waals surface area contributed by atoms with E-state index in [9.17, 15) is 0 Å². The first-order valence-electron chi connectivity index (χ1n) is 4.96. The third-order valence-corrected chi connectivity index (χ3v) is 2.94. The molecule has 2 aromatic rings. The molecular formula is C12H12N2. The molecular weight excluding hydrogens is 172 g/mol. The van der Waals surface area contributed by atoms with Gasteiger partial charge in [0.2, 0.25) is 0 Å². The molecule has 14 heavy (non-hydrogen) atoms. The highest BCUT2D eigenvalue weighted by Gasteiger charge is 2.13. The number of fused-ring (bicyclic) bond motifs is 3. The Morgan fingerprint density at radius 2 is 2.21 bits per heavy atom. The Morgan fingerprint density at radius 1 is 1.29 bits per heavy atom. The van der Waals surface area contributed by atoms with Gasteiger partial charge in [-0.1, -0.05) is 12.1 Å². The minimum atomic E-state index is 0.928. The first kappa shape index (κ1) is 7.80. The van der Waals surface area contributed by atoms with Gasteiger partial charge >= 0.3 is 0 Å². The second kappa shape index (κ2) is 2.71. The SMILES string of the molecule is CC1=NCCc2c1ccc1cc[nH]c21. The summed E-state index contributed by atoms with van der Waals surface area (Å²) in [7, 11) is 0. The van der Waals surface area contributed by atoms with Crippen molar-refractivity contribution in [1.29, 1.82) is 0 Å². The number of nitrogens with zero attached hydrogens (tertiary/aromatic N) is 1. The fraction of sp³-hybridized carbons (Fsp3) is 0.250. The number of aromatic nitrogens is 1. The largest absolute Gasteiger partial charge is 0.361 e. The van der Waals surface area contributed by atoms with Crippen LogP contribution in [0.5, 0.6) is 0 Å². The van der Waals surface area contributed by atoms with Gasteiger partial charge in [-0.25, -0.2) is 0 Å². The van der Waals surface area contributed by atoms with E-state index in [1.54, 1.807) is 0 Å². The van der Waals surface area contributed by atoms with Crippen molar-refractivity contribution in [2.24, 2.45) is 4.99 Å². The van der Waals surface area contributed by atoms with Crippen molar-refractivity contribution < 1.29 is 0 Å². The predicted molar refractivity (Wildman–Crippen MR) is 59.1 cm³/mol. The number of hydrogen-bond donors (Lipinski definition) is 1. The van der Waals surface area contributed by atoms with Crippen molar-refractivity contribution >= 4 is 16.6 Å². The van der Waals surface area contributed by atoms with E-state index in [4.69, 9.17) is 0 Å². The Labute approximate surface area is 82.7 Å². The summed E-state index contributed by atoms with van der Waals surface area (Å²) < 4.78 is 0. The Hall–Kier alpha value is -1.57. The summed E-state index contributed by atoms with van der Waals surface area (Å²) in [6.07, 6.45) is 3.07. The fourth-order valence-electron chi connectivity index (χ4n) is 2.21. The van der Waals surface area contributed by atoms with Crippen LogP contribution < -0.4 is 0 Å². The average molecular weight is 184 g/mol. The van der Waals surface area contributed by atoms with Crippen molar-refractivity contribution in [2.75, 3.05) is 6.54 Å². The molecule has 0 saturated carbocycles. The molecule has 70 valence electrons. The first-order valence-corrected chi connectivity index (χ1v) is 4.96. The molecule has 0 saturated heterocycles. The molecule has 0 atom stereocenters. The molecule has 0 bridgehead atoms. The fourth-order valence-corrected chi connectivity index (χ4v) is 2.21. The van der Waals surface area contributed by atoms with Gasteiger partial charge in [0.15, 0.2) is 0 Å². The third kappa shape index (κ3) is 0.939. The van der Waals surface area contributed by atoms with E-state index in [1.807, 2.05) is 6.20 Å². The molecule has 1 aromatic carbocycles. The van der Waals surface area contributed by atoms with Crippen LogP contribution in [0.15, 0.2) is 29.4 Å². The van der Waals surface area contributed by atoms with E-state index in [0.717, 1.165) is 13.0 Å². The summed E-state index contributed by atoms with van der Waals surface area (Å²) in [6, 6.07) is 6.47. The summed E-state index contributed by atoms with van der Waals surface area (Å²) in [6.45, 7) is 3.02. The van der Waals surface area contributed by atoms with E-state index in [-0.39, 0.29) is 0 Å². The van der Waals surface area contributed by atoms with Crippen molar-refractivity contribution in [1.82, 2.24) is 4.98 Å². The van der Waals surface area contributed by atoms with Gasteiger partial charge in [-0.15, -0.1) is 0 Å². The van der Waals surface area contributed by atoms with E-state index < -0.39 is 0 Å². The van der Waals surface area contributed by atoms with Gasteiger partial charge in [0.25, 0.3) is 0 Å². The molecule has 0 radical (unpaired) electrons. The monoisotopic (exact) mass is 184 g/mol. The Kier molecular flexibility index (Phi) is 1.51. The van der Waals surface area contributed by atoms with Gasteiger partial charge in [-0.2, -0.15) is 0 Å². The number of nitrogens with one attached hydrogen (secondary N) is 1. The van der Waals surface area contributed by atoms with Crippen LogP contribution in [0.4, 0.5) is 0 Å². The molecule has 0 fully saturated rings. The maximum atomic E-state index is 4.47. The van der Waals surface area contributed by atoms with E-state index in [0.29, 0.717) is 0 Å². The Balaban J connectivity index is 2.40. The lowest BCUT2D eigenvalue weighted by molar-refractivity contribution is 0.948. The molecule has 1 aliphatic rings. The molecule has 1 aliphatic heterocycles. The number of H-pyrrole nitrogens is 1. The standard InChI is InChI=1S/C12H12N2/c1-8-10-3-2-9-4-6-14-12(9)11(10)5-7-13-8/h2-4,6,14H,5,7H2,1H3. The predicted octanol–water partition coefficient (Wildman–Crippen LogP) is 2.53. The van der Waals surface area contributed by atoms with Gasteiger partial charge in [-0.3, -0.25) is 4.99 Å². The maximum absolute atomic E-state index is 4.47. The zero-order chi connectivity index (χ0) is 9.54. The highest BCUT2D eigenvalue weighted by molar-refractivity contribution is 6.04. The summed E-state index contributed by atoms with van der Waals surface area (Å²) >= 11 is 0. The zero-order valence-electron chi connectivity index (χ0n) is 8.17. The lowest BCUT2D eigenvalue weighted by Gasteiger charge is -2.14. The zero-order valence-corrected chi connectivity index (χ0v) is 8.17. The second-order valence-electron chi connectivity index (χ2n) is 3.75. The first-order chi connectivity index (χ1) is 6.86. The normalized spacial score (nSPS) is 15.4. The molecule has 0 amide bonds. The van der Waals surface area contributed by atoms with E-state index >= 15 is 0 Å². The van der Waals surface area contributed by atoms with Crippen LogP contribution in [0, 0.1) is 0 Å². The van der Waals surface area contributed by atoms with Crippen LogP contribution >= 0.6 is 0 Å². The minimum Gasteiger partial charge on any atom is -0.361 e. The molecule has 2 nitrogen and oxygen atoms in total. The van der Waals surface area contributed by atoms with Crippen LogP contribution in [0.25, 0.3) is 10.9 Å². The third-order valence-electron chi connectivity index (χ3n) is 2.94.